The maximum Gasteiger partial charge on any atom is 0.251 e. The topological polar surface area (TPSA) is 55.1 Å². The monoisotopic (exact) mass is 280 g/mol. The molecule has 1 amide bonds. The number of aryl methyl sites for hydroxylation is 2. The Morgan fingerprint density at radius 2 is 1.90 bits per heavy atom. The number of fused-ring (bicyclic) bond motifs is 1. The van der Waals surface area contributed by atoms with Gasteiger partial charge in [0.1, 0.15) is 0 Å². The minimum atomic E-state index is -0.105. The molecule has 3 rings (SSSR count). The van der Waals surface area contributed by atoms with Crippen molar-refractivity contribution in [3.05, 3.63) is 64.7 Å². The minimum Gasteiger partial charge on any atom is -0.398 e. The molecule has 0 fully saturated rings. The highest BCUT2D eigenvalue weighted by atomic mass is 16.1. The zero-order valence-corrected chi connectivity index (χ0v) is 12.2. The van der Waals surface area contributed by atoms with Gasteiger partial charge in [-0.25, -0.2) is 0 Å². The van der Waals surface area contributed by atoms with E-state index in [0.717, 1.165) is 24.0 Å². The van der Waals surface area contributed by atoms with E-state index in [4.69, 9.17) is 5.73 Å². The lowest BCUT2D eigenvalue weighted by atomic mass is 10.0. The van der Waals surface area contributed by atoms with E-state index in [9.17, 15) is 4.79 Å². The standard InChI is InChI=1S/C18H20N2O/c1-12(16-7-2-3-8-17(16)19)20-18(21)15-10-9-13-5-4-6-14(13)11-15/h2-3,7-12H,4-6,19H2,1H3,(H,20,21). The van der Waals surface area contributed by atoms with Crippen LogP contribution in [0.1, 0.15) is 46.4 Å². The Morgan fingerprint density at radius 3 is 2.71 bits per heavy atom. The van der Waals surface area contributed by atoms with Crippen molar-refractivity contribution >= 4 is 11.6 Å². The molecule has 0 bridgehead atoms. The van der Waals surface area contributed by atoms with Crippen LogP contribution in [-0.4, -0.2) is 5.91 Å². The lowest BCUT2D eigenvalue weighted by Crippen LogP contribution is -2.27. The van der Waals surface area contributed by atoms with Gasteiger partial charge in [0.25, 0.3) is 5.91 Å². The van der Waals surface area contributed by atoms with E-state index in [2.05, 4.69) is 11.4 Å². The Labute approximate surface area is 125 Å². The maximum atomic E-state index is 12.4. The number of amides is 1. The number of benzene rings is 2. The molecule has 1 unspecified atom stereocenters. The van der Waals surface area contributed by atoms with E-state index in [1.807, 2.05) is 43.3 Å². The van der Waals surface area contributed by atoms with E-state index in [1.54, 1.807) is 0 Å². The third-order valence-corrected chi connectivity index (χ3v) is 4.17. The fourth-order valence-electron chi connectivity index (χ4n) is 2.98. The van der Waals surface area contributed by atoms with Crippen molar-refractivity contribution in [1.29, 1.82) is 0 Å². The van der Waals surface area contributed by atoms with E-state index >= 15 is 0 Å². The van der Waals surface area contributed by atoms with Gasteiger partial charge in [-0.1, -0.05) is 24.3 Å². The van der Waals surface area contributed by atoms with Crippen molar-refractivity contribution in [1.82, 2.24) is 5.32 Å². The lowest BCUT2D eigenvalue weighted by Gasteiger charge is -2.16. The molecule has 108 valence electrons. The molecular weight excluding hydrogens is 260 g/mol. The summed E-state index contributed by atoms with van der Waals surface area (Å²) in [7, 11) is 0. The highest BCUT2D eigenvalue weighted by molar-refractivity contribution is 5.94. The third kappa shape index (κ3) is 2.77. The summed E-state index contributed by atoms with van der Waals surface area (Å²) in [5.74, 6) is -0.0412. The number of nitrogens with two attached hydrogens (primary N) is 1. The van der Waals surface area contributed by atoms with Crippen molar-refractivity contribution in [2.24, 2.45) is 0 Å². The highest BCUT2D eigenvalue weighted by Crippen LogP contribution is 2.24. The van der Waals surface area contributed by atoms with Crippen LogP contribution in [0.25, 0.3) is 0 Å². The molecule has 0 heterocycles. The van der Waals surface area contributed by atoms with Crippen LogP contribution in [0.5, 0.6) is 0 Å². The summed E-state index contributed by atoms with van der Waals surface area (Å²) in [6.07, 6.45) is 3.41. The number of carbonyl (C=O) groups is 1. The first-order valence-corrected chi connectivity index (χ1v) is 7.42. The van der Waals surface area contributed by atoms with Gasteiger partial charge in [-0.2, -0.15) is 0 Å². The van der Waals surface area contributed by atoms with Gasteiger partial charge in [0.2, 0.25) is 0 Å². The van der Waals surface area contributed by atoms with Gasteiger partial charge in [0.15, 0.2) is 0 Å². The second-order valence-electron chi connectivity index (χ2n) is 5.66. The Kier molecular flexibility index (Phi) is 3.65. The van der Waals surface area contributed by atoms with E-state index in [0.29, 0.717) is 5.69 Å². The van der Waals surface area contributed by atoms with Crippen LogP contribution in [0.3, 0.4) is 0 Å². The molecule has 0 aromatic heterocycles. The average molecular weight is 280 g/mol. The third-order valence-electron chi connectivity index (χ3n) is 4.17. The second-order valence-corrected chi connectivity index (χ2v) is 5.66. The Morgan fingerprint density at radius 1 is 1.14 bits per heavy atom. The normalized spacial score (nSPS) is 14.5. The van der Waals surface area contributed by atoms with Crippen LogP contribution in [0, 0.1) is 0 Å². The largest absolute Gasteiger partial charge is 0.398 e. The molecular formula is C18H20N2O. The molecule has 21 heavy (non-hydrogen) atoms. The first-order valence-electron chi connectivity index (χ1n) is 7.42. The van der Waals surface area contributed by atoms with Crippen LogP contribution in [0.15, 0.2) is 42.5 Å². The molecule has 2 aromatic carbocycles. The predicted molar refractivity (Wildman–Crippen MR) is 85.2 cm³/mol. The quantitative estimate of drug-likeness (QED) is 0.848. The summed E-state index contributed by atoms with van der Waals surface area (Å²) in [4.78, 5) is 12.4. The number of rotatable bonds is 3. The zero-order valence-electron chi connectivity index (χ0n) is 12.2. The summed E-state index contributed by atoms with van der Waals surface area (Å²) in [6.45, 7) is 1.96. The number of hydrogen-bond donors (Lipinski definition) is 2. The second kappa shape index (κ2) is 5.60. The van der Waals surface area contributed by atoms with Crippen molar-refractivity contribution in [3.8, 4) is 0 Å². The van der Waals surface area contributed by atoms with E-state index < -0.39 is 0 Å². The van der Waals surface area contributed by atoms with Crippen molar-refractivity contribution in [3.63, 3.8) is 0 Å². The molecule has 0 spiro atoms. The van der Waals surface area contributed by atoms with E-state index in [1.165, 1.54) is 17.5 Å². The van der Waals surface area contributed by atoms with Crippen LogP contribution in [0.2, 0.25) is 0 Å². The highest BCUT2D eigenvalue weighted by Gasteiger charge is 2.16. The molecule has 0 radical (unpaired) electrons. The van der Waals surface area contributed by atoms with Crippen LogP contribution >= 0.6 is 0 Å². The van der Waals surface area contributed by atoms with Crippen molar-refractivity contribution in [2.75, 3.05) is 5.73 Å². The fraction of sp³-hybridized carbons (Fsp3) is 0.278. The SMILES string of the molecule is CC(NC(=O)c1ccc2c(c1)CCC2)c1ccccc1N. The molecule has 1 aliphatic rings. The van der Waals surface area contributed by atoms with Gasteiger partial charge in [-0.15, -0.1) is 0 Å². The van der Waals surface area contributed by atoms with Gasteiger partial charge in [0.05, 0.1) is 6.04 Å². The van der Waals surface area contributed by atoms with Gasteiger partial charge >= 0.3 is 0 Å². The summed E-state index contributed by atoms with van der Waals surface area (Å²) in [5, 5.41) is 3.03. The predicted octanol–water partition coefficient (Wildman–Crippen LogP) is 3.25. The van der Waals surface area contributed by atoms with Crippen LogP contribution in [0.4, 0.5) is 5.69 Å². The average Bonchev–Trinajstić information content (AvgIpc) is 2.94. The van der Waals surface area contributed by atoms with Gasteiger partial charge < -0.3 is 11.1 Å². The van der Waals surface area contributed by atoms with Crippen LogP contribution < -0.4 is 11.1 Å². The molecule has 3 N–H and O–H groups in total. The number of para-hydroxylation sites is 1. The Balaban J connectivity index is 1.76. The Bertz CT molecular complexity index is 679. The number of nitrogen functional groups attached to an aromatic ring is 1. The number of carbonyl (C=O) groups excluding carboxylic acids is 1. The van der Waals surface area contributed by atoms with Gasteiger partial charge in [-0.05, 0) is 61.1 Å². The minimum absolute atomic E-state index is 0.0412. The first-order chi connectivity index (χ1) is 10.1. The fourth-order valence-corrected chi connectivity index (χ4v) is 2.98. The maximum absolute atomic E-state index is 12.4. The summed E-state index contributed by atoms with van der Waals surface area (Å²) in [5.41, 5.74) is 11.0. The lowest BCUT2D eigenvalue weighted by molar-refractivity contribution is 0.0940. The van der Waals surface area contributed by atoms with Gasteiger partial charge in [-0.3, -0.25) is 4.79 Å². The zero-order chi connectivity index (χ0) is 14.8. The number of nitrogens with one attached hydrogen (secondary N) is 1. The molecule has 0 aliphatic heterocycles. The smallest absolute Gasteiger partial charge is 0.251 e. The molecule has 3 heteroatoms. The molecule has 3 nitrogen and oxygen atoms in total. The Hall–Kier alpha value is -2.29. The summed E-state index contributed by atoms with van der Waals surface area (Å²) in [6, 6.07) is 13.6. The van der Waals surface area contributed by atoms with Crippen molar-refractivity contribution < 1.29 is 4.79 Å². The van der Waals surface area contributed by atoms with Gasteiger partial charge in [0, 0.05) is 11.3 Å². The first kappa shape index (κ1) is 13.7. The number of anilines is 1. The molecule has 1 atom stereocenters. The number of hydrogen-bond acceptors (Lipinski definition) is 2. The molecule has 2 aromatic rings. The van der Waals surface area contributed by atoms with E-state index in [-0.39, 0.29) is 11.9 Å². The molecule has 1 aliphatic carbocycles. The summed E-state index contributed by atoms with van der Waals surface area (Å²) < 4.78 is 0. The molecule has 0 saturated heterocycles. The summed E-state index contributed by atoms with van der Waals surface area (Å²) >= 11 is 0. The molecule has 0 saturated carbocycles. The van der Waals surface area contributed by atoms with Crippen molar-refractivity contribution in [2.45, 2.75) is 32.2 Å². The van der Waals surface area contributed by atoms with Crippen LogP contribution in [-0.2, 0) is 12.8 Å².